The van der Waals surface area contributed by atoms with E-state index in [4.69, 9.17) is 0 Å². The van der Waals surface area contributed by atoms with E-state index in [9.17, 15) is 0 Å². The lowest BCUT2D eigenvalue weighted by atomic mass is 10.3. The zero-order chi connectivity index (χ0) is 11.1. The number of halogens is 1. The average molecular weight is 258 g/mol. The van der Waals surface area contributed by atoms with Crippen molar-refractivity contribution in [1.29, 1.82) is 0 Å². The molecular weight excluding hydrogens is 242 g/mol. The van der Waals surface area contributed by atoms with Crippen molar-refractivity contribution >= 4 is 28.9 Å². The Morgan fingerprint density at radius 3 is 2.50 bits per heavy atom. The molecule has 0 spiro atoms. The second-order valence-corrected chi connectivity index (χ2v) is 3.50. The molecule has 0 N–H and O–H groups in total. The summed E-state index contributed by atoms with van der Waals surface area (Å²) in [4.78, 5) is 4.19. The zero-order valence-electron chi connectivity index (χ0n) is 9.08. The van der Waals surface area contributed by atoms with Gasteiger partial charge in [0.1, 0.15) is 0 Å². The van der Waals surface area contributed by atoms with Gasteiger partial charge < -0.3 is 0 Å². The number of rotatable bonds is 1. The first-order valence-electron chi connectivity index (χ1n) is 4.50. The molecule has 1 aliphatic heterocycles. The second-order valence-electron chi connectivity index (χ2n) is 2.58. The topological polar surface area (TPSA) is 28.0 Å². The van der Waals surface area contributed by atoms with Crippen molar-refractivity contribution < 1.29 is 0 Å². The van der Waals surface area contributed by atoms with Crippen LogP contribution in [0.3, 0.4) is 0 Å². The highest BCUT2D eigenvalue weighted by molar-refractivity contribution is 9.12. The molecule has 14 heavy (non-hydrogen) atoms. The maximum Gasteiger partial charge on any atom is 0.151 e. The van der Waals surface area contributed by atoms with Crippen molar-refractivity contribution in [2.75, 3.05) is 0 Å². The summed E-state index contributed by atoms with van der Waals surface area (Å²) in [6, 6.07) is 0. The van der Waals surface area contributed by atoms with Gasteiger partial charge in [0.2, 0.25) is 0 Å². The predicted molar refractivity (Wildman–Crippen MR) is 66.6 cm³/mol. The van der Waals surface area contributed by atoms with Gasteiger partial charge in [-0.25, -0.2) is 10.0 Å². The molecule has 0 radical (unpaired) electrons. The van der Waals surface area contributed by atoms with Crippen molar-refractivity contribution in [3.8, 4) is 0 Å². The molecule has 0 aromatic rings. The fraction of sp³-hybridized carbons (Fsp3) is 0.400. The molecule has 4 heteroatoms. The molecule has 0 amide bonds. The van der Waals surface area contributed by atoms with Gasteiger partial charge in [0.05, 0.1) is 4.48 Å². The summed E-state index contributed by atoms with van der Waals surface area (Å²) in [5, 5.41) is 5.44. The summed E-state index contributed by atoms with van der Waals surface area (Å²) >= 11 is 3.31. The summed E-state index contributed by atoms with van der Waals surface area (Å²) in [6.07, 6.45) is 3.56. The fourth-order valence-corrected chi connectivity index (χ4v) is 1.16. The third-order valence-corrected chi connectivity index (χ3v) is 1.78. The van der Waals surface area contributed by atoms with Gasteiger partial charge in [-0.15, -0.1) is 0 Å². The van der Waals surface area contributed by atoms with Gasteiger partial charge in [-0.1, -0.05) is 13.8 Å². The summed E-state index contributed by atoms with van der Waals surface area (Å²) in [5.74, 6) is 0.827. The number of aliphatic imine (C=N–C) groups is 1. The molecule has 0 saturated heterocycles. The Kier molecular flexibility index (Phi) is 6.12. The molecule has 1 aliphatic rings. The molecular formula is C10H16BrN3. The first-order chi connectivity index (χ1) is 6.65. The van der Waals surface area contributed by atoms with Gasteiger partial charge in [0, 0.05) is 19.1 Å². The number of hydrazone groups is 1. The Balaban J connectivity index is 0.000000791. The van der Waals surface area contributed by atoms with Crippen LogP contribution in [0.2, 0.25) is 0 Å². The monoisotopic (exact) mass is 257 g/mol. The van der Waals surface area contributed by atoms with Crippen LogP contribution in [0.15, 0.2) is 32.2 Å². The van der Waals surface area contributed by atoms with E-state index in [-0.39, 0.29) is 0 Å². The molecule has 0 atom stereocenters. The Bertz CT molecular complexity index is 286. The van der Waals surface area contributed by atoms with E-state index in [1.165, 1.54) is 0 Å². The van der Waals surface area contributed by atoms with Crippen molar-refractivity contribution in [2.45, 2.75) is 27.7 Å². The normalized spacial score (nSPS) is 14.2. The first kappa shape index (κ1) is 13.1. The van der Waals surface area contributed by atoms with E-state index in [0.717, 1.165) is 15.9 Å². The van der Waals surface area contributed by atoms with Gasteiger partial charge in [-0.05, 0) is 35.4 Å². The van der Waals surface area contributed by atoms with Crippen molar-refractivity contribution in [3.05, 3.63) is 22.1 Å². The highest BCUT2D eigenvalue weighted by Crippen LogP contribution is 2.19. The Labute approximate surface area is 94.0 Å². The lowest BCUT2D eigenvalue weighted by Gasteiger charge is -2.18. The van der Waals surface area contributed by atoms with Gasteiger partial charge in [0.25, 0.3) is 0 Å². The quantitative estimate of drug-likeness (QED) is 0.661. The average Bonchev–Trinajstić information content (AvgIpc) is 2.20. The molecule has 0 aromatic carbocycles. The van der Waals surface area contributed by atoms with Crippen LogP contribution >= 0.6 is 15.9 Å². The van der Waals surface area contributed by atoms with E-state index < -0.39 is 0 Å². The van der Waals surface area contributed by atoms with Crippen LogP contribution in [0.25, 0.3) is 0 Å². The zero-order valence-corrected chi connectivity index (χ0v) is 10.7. The minimum Gasteiger partial charge on any atom is -0.236 e. The molecule has 78 valence electrons. The molecule has 0 bridgehead atoms. The molecule has 0 aliphatic carbocycles. The smallest absolute Gasteiger partial charge is 0.151 e. The Morgan fingerprint density at radius 2 is 2.07 bits per heavy atom. The van der Waals surface area contributed by atoms with Crippen molar-refractivity contribution in [1.82, 2.24) is 5.01 Å². The standard InChI is InChI=1S/C8H10BrN3.C2H6/c1-6(2)8-11-4-7(9)5-12(8)10-3;1-2/h4-5H,3H2,1-2H3;1-2H3. The largest absolute Gasteiger partial charge is 0.236 e. The van der Waals surface area contributed by atoms with Gasteiger partial charge in [-0.2, -0.15) is 5.10 Å². The van der Waals surface area contributed by atoms with E-state index >= 15 is 0 Å². The fourth-order valence-electron chi connectivity index (χ4n) is 0.859. The van der Waals surface area contributed by atoms with Crippen LogP contribution in [0.5, 0.6) is 0 Å². The Morgan fingerprint density at radius 1 is 1.50 bits per heavy atom. The second kappa shape index (κ2) is 6.54. The third kappa shape index (κ3) is 3.46. The van der Waals surface area contributed by atoms with Gasteiger partial charge in [-0.3, -0.25) is 0 Å². The maximum absolute atomic E-state index is 4.19. The molecule has 0 saturated carbocycles. The van der Waals surface area contributed by atoms with E-state index in [1.807, 2.05) is 33.9 Å². The SMILES string of the molecule is C=NN1C=C(Br)C=NC1=C(C)C.CC. The molecule has 0 fully saturated rings. The van der Waals surface area contributed by atoms with Crippen LogP contribution in [-0.4, -0.2) is 17.9 Å². The first-order valence-corrected chi connectivity index (χ1v) is 5.29. The van der Waals surface area contributed by atoms with Crippen LogP contribution < -0.4 is 0 Å². The summed E-state index contributed by atoms with van der Waals surface area (Å²) < 4.78 is 0.889. The van der Waals surface area contributed by atoms with Crippen LogP contribution in [0, 0.1) is 0 Å². The number of allylic oxidation sites excluding steroid dienone is 2. The van der Waals surface area contributed by atoms with Crippen molar-refractivity contribution in [2.24, 2.45) is 10.1 Å². The lowest BCUT2D eigenvalue weighted by Crippen LogP contribution is -2.12. The number of hydrogen-bond donors (Lipinski definition) is 0. The van der Waals surface area contributed by atoms with E-state index in [1.54, 1.807) is 11.2 Å². The summed E-state index contributed by atoms with van der Waals surface area (Å²) in [6.45, 7) is 11.4. The molecule has 0 unspecified atom stereocenters. The summed E-state index contributed by atoms with van der Waals surface area (Å²) in [7, 11) is 0. The van der Waals surface area contributed by atoms with Gasteiger partial charge in [0.15, 0.2) is 5.82 Å². The molecule has 1 rings (SSSR count). The van der Waals surface area contributed by atoms with Crippen molar-refractivity contribution in [3.63, 3.8) is 0 Å². The lowest BCUT2D eigenvalue weighted by molar-refractivity contribution is 0.487. The Hall–Kier alpha value is -0.900. The minimum absolute atomic E-state index is 0.827. The summed E-state index contributed by atoms with van der Waals surface area (Å²) in [5.41, 5.74) is 1.11. The van der Waals surface area contributed by atoms with Crippen LogP contribution in [0.1, 0.15) is 27.7 Å². The van der Waals surface area contributed by atoms with E-state index in [2.05, 4.69) is 32.7 Å². The number of nitrogens with zero attached hydrogens (tertiary/aromatic N) is 3. The number of hydrogen-bond acceptors (Lipinski definition) is 3. The highest BCUT2D eigenvalue weighted by atomic mass is 79.9. The molecule has 1 heterocycles. The predicted octanol–water partition coefficient (Wildman–Crippen LogP) is 3.50. The van der Waals surface area contributed by atoms with E-state index in [0.29, 0.717) is 0 Å². The van der Waals surface area contributed by atoms with Gasteiger partial charge >= 0.3 is 0 Å². The molecule has 3 nitrogen and oxygen atoms in total. The molecule has 0 aromatic heterocycles. The van der Waals surface area contributed by atoms with Crippen LogP contribution in [0.4, 0.5) is 0 Å². The minimum atomic E-state index is 0.827. The third-order valence-electron chi connectivity index (χ3n) is 1.37. The maximum atomic E-state index is 4.19. The van der Waals surface area contributed by atoms with Crippen LogP contribution in [-0.2, 0) is 0 Å². The highest BCUT2D eigenvalue weighted by Gasteiger charge is 2.09.